The molecule has 0 fully saturated rings. The second-order valence-electron chi connectivity index (χ2n) is 10.9. The van der Waals surface area contributed by atoms with Crippen molar-refractivity contribution in [2.75, 3.05) is 18.6 Å². The van der Waals surface area contributed by atoms with Gasteiger partial charge in [-0.3, -0.25) is 9.59 Å². The number of amides is 3. The summed E-state index contributed by atoms with van der Waals surface area (Å²) in [6.07, 6.45) is 7.81. The Kier molecular flexibility index (Phi) is 15.2. The summed E-state index contributed by atoms with van der Waals surface area (Å²) in [7, 11) is 0. The minimum absolute atomic E-state index is 0.0163. The number of unbranched alkanes of at least 4 members (excludes halogenated alkanes) is 5. The molecule has 0 radical (unpaired) electrons. The molecule has 2 unspecified atom stereocenters. The first-order valence-corrected chi connectivity index (χ1v) is 15.2. The van der Waals surface area contributed by atoms with Gasteiger partial charge in [-0.25, -0.2) is 4.79 Å². The van der Waals surface area contributed by atoms with Gasteiger partial charge in [-0.1, -0.05) is 51.2 Å². The van der Waals surface area contributed by atoms with Gasteiger partial charge in [0.1, 0.15) is 23.4 Å². The highest BCUT2D eigenvalue weighted by atomic mass is 32.2. The normalized spacial score (nSPS) is 13.1. The monoisotopic (exact) mass is 551 g/mol. The fourth-order valence-corrected chi connectivity index (χ4v) is 4.57. The number of nitrogens with one attached hydrogen (secondary N) is 2. The Hall–Kier alpha value is -2.42. The molecule has 0 bridgehead atoms. The van der Waals surface area contributed by atoms with Crippen LogP contribution in [0.2, 0.25) is 0 Å². The van der Waals surface area contributed by atoms with E-state index in [1.54, 1.807) is 49.6 Å². The molecule has 1 aromatic carbocycles. The Balaban J connectivity index is 3.39. The van der Waals surface area contributed by atoms with Crippen molar-refractivity contribution >= 4 is 29.7 Å². The van der Waals surface area contributed by atoms with Crippen molar-refractivity contribution < 1.29 is 24.2 Å². The highest BCUT2D eigenvalue weighted by Gasteiger charge is 2.36. The van der Waals surface area contributed by atoms with Gasteiger partial charge in [-0.15, -0.1) is 0 Å². The van der Waals surface area contributed by atoms with Crippen LogP contribution in [0.4, 0.5) is 4.79 Å². The van der Waals surface area contributed by atoms with E-state index in [-0.39, 0.29) is 23.6 Å². The standard InChI is InChI=1S/C29H49N3O5S/c1-8-9-10-11-12-13-18-32(25(26(34)30-21(2)3)22-15-14-16-23(33)20-22)27(35)24(17-19-38-7)31-28(36)37-29(4,5)6/h14-16,20-21,24-25,33H,8-13,17-19H2,1-7H3,(H,30,34)(H,31,36). The zero-order valence-corrected chi connectivity index (χ0v) is 25.2. The van der Waals surface area contributed by atoms with Crippen LogP contribution in [-0.2, 0) is 14.3 Å². The summed E-state index contributed by atoms with van der Waals surface area (Å²) < 4.78 is 5.44. The van der Waals surface area contributed by atoms with E-state index in [9.17, 15) is 19.5 Å². The van der Waals surface area contributed by atoms with Gasteiger partial charge < -0.3 is 25.4 Å². The third-order valence-electron chi connectivity index (χ3n) is 5.81. The summed E-state index contributed by atoms with van der Waals surface area (Å²) in [4.78, 5) is 41.9. The summed E-state index contributed by atoms with van der Waals surface area (Å²) in [5, 5.41) is 15.9. The average Bonchev–Trinajstić information content (AvgIpc) is 2.81. The second-order valence-corrected chi connectivity index (χ2v) is 11.9. The number of carbonyl (C=O) groups excluding carboxylic acids is 3. The molecule has 1 rings (SSSR count). The van der Waals surface area contributed by atoms with E-state index in [1.807, 2.05) is 20.1 Å². The number of thioether (sulfide) groups is 1. The number of nitrogens with zero attached hydrogens (tertiary/aromatic N) is 1. The molecule has 0 spiro atoms. The van der Waals surface area contributed by atoms with Gasteiger partial charge >= 0.3 is 6.09 Å². The van der Waals surface area contributed by atoms with Crippen molar-refractivity contribution in [3.8, 4) is 5.75 Å². The number of ether oxygens (including phenoxy) is 1. The Morgan fingerprint density at radius 1 is 1.05 bits per heavy atom. The zero-order chi connectivity index (χ0) is 28.7. The molecule has 8 nitrogen and oxygen atoms in total. The summed E-state index contributed by atoms with van der Waals surface area (Å²) >= 11 is 1.57. The molecule has 0 aromatic heterocycles. The third kappa shape index (κ3) is 12.9. The molecule has 0 saturated heterocycles. The van der Waals surface area contributed by atoms with Crippen molar-refractivity contribution in [1.82, 2.24) is 15.5 Å². The van der Waals surface area contributed by atoms with Crippen LogP contribution in [0, 0.1) is 0 Å². The molecular formula is C29H49N3O5S. The maximum absolute atomic E-state index is 14.1. The van der Waals surface area contributed by atoms with Gasteiger partial charge in [-0.05, 0) is 77.2 Å². The largest absolute Gasteiger partial charge is 0.508 e. The number of aromatic hydroxyl groups is 1. The van der Waals surface area contributed by atoms with Gasteiger partial charge in [0.05, 0.1) is 0 Å². The van der Waals surface area contributed by atoms with Crippen LogP contribution in [0.5, 0.6) is 5.75 Å². The number of phenols is 1. The predicted molar refractivity (Wildman–Crippen MR) is 155 cm³/mol. The summed E-state index contributed by atoms with van der Waals surface area (Å²) in [6.45, 7) is 11.5. The highest BCUT2D eigenvalue weighted by molar-refractivity contribution is 7.98. The van der Waals surface area contributed by atoms with E-state index < -0.39 is 23.8 Å². The quantitative estimate of drug-likeness (QED) is 0.224. The van der Waals surface area contributed by atoms with E-state index in [1.165, 1.54) is 18.6 Å². The maximum atomic E-state index is 14.1. The zero-order valence-electron chi connectivity index (χ0n) is 24.3. The van der Waals surface area contributed by atoms with Crippen LogP contribution in [-0.4, -0.2) is 64.2 Å². The van der Waals surface area contributed by atoms with Crippen molar-refractivity contribution in [1.29, 1.82) is 0 Å². The molecule has 1 aromatic rings. The number of phenolic OH excluding ortho intramolecular Hbond substituents is 1. The molecule has 2 atom stereocenters. The van der Waals surface area contributed by atoms with Crippen LogP contribution in [0.15, 0.2) is 24.3 Å². The van der Waals surface area contributed by atoms with Gasteiger partial charge in [0.15, 0.2) is 0 Å². The van der Waals surface area contributed by atoms with Crippen LogP contribution in [0.3, 0.4) is 0 Å². The van der Waals surface area contributed by atoms with E-state index >= 15 is 0 Å². The number of alkyl carbamates (subject to hydrolysis) is 1. The lowest BCUT2D eigenvalue weighted by molar-refractivity contribution is -0.142. The molecular weight excluding hydrogens is 502 g/mol. The lowest BCUT2D eigenvalue weighted by Crippen LogP contribution is -2.53. The number of hydrogen-bond donors (Lipinski definition) is 3. The SMILES string of the molecule is CCCCCCCCN(C(=O)C(CCSC)NC(=O)OC(C)(C)C)C(C(=O)NC(C)C)c1cccc(O)c1. The Morgan fingerprint density at radius 3 is 2.29 bits per heavy atom. The average molecular weight is 552 g/mol. The molecule has 3 amide bonds. The predicted octanol–water partition coefficient (Wildman–Crippen LogP) is 5.79. The first kappa shape index (κ1) is 33.6. The highest BCUT2D eigenvalue weighted by Crippen LogP contribution is 2.27. The molecule has 0 aliphatic heterocycles. The lowest BCUT2D eigenvalue weighted by atomic mass is 10.0. The fourth-order valence-electron chi connectivity index (χ4n) is 4.10. The molecule has 38 heavy (non-hydrogen) atoms. The summed E-state index contributed by atoms with van der Waals surface area (Å²) in [5.41, 5.74) is -0.195. The van der Waals surface area contributed by atoms with Crippen molar-refractivity contribution in [2.45, 2.75) is 110 Å². The maximum Gasteiger partial charge on any atom is 0.408 e. The minimum Gasteiger partial charge on any atom is -0.508 e. The summed E-state index contributed by atoms with van der Waals surface area (Å²) in [5.74, 6) is -0.00867. The van der Waals surface area contributed by atoms with Gasteiger partial charge in [0.25, 0.3) is 0 Å². The molecule has 0 aliphatic carbocycles. The van der Waals surface area contributed by atoms with Crippen molar-refractivity contribution in [3.05, 3.63) is 29.8 Å². The third-order valence-corrected chi connectivity index (χ3v) is 6.46. The van der Waals surface area contributed by atoms with Crippen molar-refractivity contribution in [2.24, 2.45) is 0 Å². The topological polar surface area (TPSA) is 108 Å². The number of hydrogen-bond acceptors (Lipinski definition) is 6. The Labute approximate surface area is 233 Å². The smallest absolute Gasteiger partial charge is 0.408 e. The van der Waals surface area contributed by atoms with E-state index in [0.717, 1.165) is 32.1 Å². The first-order chi connectivity index (χ1) is 17.9. The van der Waals surface area contributed by atoms with Crippen LogP contribution in [0.1, 0.15) is 98.1 Å². The number of rotatable bonds is 16. The van der Waals surface area contributed by atoms with Gasteiger partial charge in [0.2, 0.25) is 11.8 Å². The Bertz CT molecular complexity index is 872. The fraction of sp³-hybridized carbons (Fsp3) is 0.690. The Morgan fingerprint density at radius 2 is 1.71 bits per heavy atom. The molecule has 3 N–H and O–H groups in total. The van der Waals surface area contributed by atoms with Crippen molar-refractivity contribution in [3.63, 3.8) is 0 Å². The lowest BCUT2D eigenvalue weighted by Gasteiger charge is -2.35. The van der Waals surface area contributed by atoms with Crippen LogP contribution in [0.25, 0.3) is 0 Å². The number of carbonyl (C=O) groups is 3. The molecule has 9 heteroatoms. The van der Waals surface area contributed by atoms with E-state index in [0.29, 0.717) is 24.3 Å². The van der Waals surface area contributed by atoms with Crippen LogP contribution >= 0.6 is 11.8 Å². The molecule has 0 saturated carbocycles. The second kappa shape index (κ2) is 17.2. The van der Waals surface area contributed by atoms with E-state index in [2.05, 4.69) is 17.6 Å². The van der Waals surface area contributed by atoms with Gasteiger partial charge in [-0.2, -0.15) is 11.8 Å². The van der Waals surface area contributed by atoms with Crippen LogP contribution < -0.4 is 10.6 Å². The number of benzene rings is 1. The minimum atomic E-state index is -0.954. The van der Waals surface area contributed by atoms with E-state index in [4.69, 9.17) is 4.74 Å². The molecule has 0 heterocycles. The first-order valence-electron chi connectivity index (χ1n) is 13.8. The molecule has 0 aliphatic rings. The van der Waals surface area contributed by atoms with Gasteiger partial charge in [0, 0.05) is 12.6 Å². The summed E-state index contributed by atoms with van der Waals surface area (Å²) in [6, 6.07) is 4.51. The molecule has 216 valence electrons.